The number of aromatic carboxylic acids is 1. The van der Waals surface area contributed by atoms with Gasteiger partial charge >= 0.3 is 11.9 Å². The SMILES string of the molecule is Nc1ccc2c(-c3ccccc3C(=O)O)c3ccc(=[NH2+])c(S(=O)(=O)N(CCCCC[NH3+])CCCCCC(=O)O)c-3oc2c1S(=O)(=O)O. The maximum Gasteiger partial charge on any atom is 0.336 e. The molecular formula is C31H38N4O10S2+2. The van der Waals surface area contributed by atoms with Crippen molar-refractivity contribution < 1.29 is 56.8 Å². The van der Waals surface area contributed by atoms with Gasteiger partial charge in [-0.1, -0.05) is 24.6 Å². The lowest BCUT2D eigenvalue weighted by Gasteiger charge is -2.24. The molecule has 0 saturated carbocycles. The Morgan fingerprint density at radius 3 is 2.13 bits per heavy atom. The lowest BCUT2D eigenvalue weighted by Crippen LogP contribution is -2.50. The second-order valence-corrected chi connectivity index (χ2v) is 14.3. The van der Waals surface area contributed by atoms with Crippen molar-refractivity contribution in [3.63, 3.8) is 0 Å². The topological polar surface area (TPSA) is 259 Å². The van der Waals surface area contributed by atoms with E-state index >= 15 is 0 Å². The molecule has 0 atom stereocenters. The van der Waals surface area contributed by atoms with Crippen molar-refractivity contribution in [1.29, 1.82) is 0 Å². The minimum absolute atomic E-state index is 0.0354. The highest BCUT2D eigenvalue weighted by Gasteiger charge is 2.36. The third kappa shape index (κ3) is 7.63. The number of sulfonamides is 1. The molecule has 0 bridgehead atoms. The molecule has 1 aliphatic heterocycles. The first-order valence-electron chi connectivity index (χ1n) is 14.9. The minimum atomic E-state index is -5.04. The van der Waals surface area contributed by atoms with Crippen LogP contribution in [-0.4, -0.2) is 67.5 Å². The summed E-state index contributed by atoms with van der Waals surface area (Å²) in [7, 11) is -9.52. The van der Waals surface area contributed by atoms with Crippen molar-refractivity contribution in [2.45, 2.75) is 54.7 Å². The zero-order chi connectivity index (χ0) is 34.5. The predicted octanol–water partition coefficient (Wildman–Crippen LogP) is 1.44. The van der Waals surface area contributed by atoms with Gasteiger partial charge in [0.05, 0.1) is 17.8 Å². The van der Waals surface area contributed by atoms with Gasteiger partial charge in [0.2, 0.25) is 5.36 Å². The molecule has 0 fully saturated rings. The number of nitrogens with zero attached hydrogens (tertiary/aromatic N) is 1. The van der Waals surface area contributed by atoms with Crippen molar-refractivity contribution in [3.05, 3.63) is 59.5 Å². The molecule has 47 heavy (non-hydrogen) atoms. The summed E-state index contributed by atoms with van der Waals surface area (Å²) < 4.78 is 71.7. The van der Waals surface area contributed by atoms with E-state index in [0.717, 1.165) is 6.42 Å². The van der Waals surface area contributed by atoms with Gasteiger partial charge in [0.25, 0.3) is 20.1 Å². The average molecular weight is 691 g/mol. The van der Waals surface area contributed by atoms with Crippen LogP contribution in [-0.2, 0) is 24.9 Å². The Morgan fingerprint density at radius 2 is 1.51 bits per heavy atom. The molecule has 0 unspecified atom stereocenters. The molecule has 1 aliphatic carbocycles. The molecule has 252 valence electrons. The highest BCUT2D eigenvalue weighted by Crippen LogP contribution is 2.45. The lowest BCUT2D eigenvalue weighted by atomic mass is 9.90. The molecule has 4 rings (SSSR count). The molecule has 0 amide bonds. The number of rotatable bonds is 16. The minimum Gasteiger partial charge on any atom is -0.481 e. The summed E-state index contributed by atoms with van der Waals surface area (Å²) in [6.07, 6.45) is 3.07. The van der Waals surface area contributed by atoms with E-state index in [4.69, 9.17) is 20.7 Å². The normalized spacial score (nSPS) is 12.2. The molecule has 0 saturated heterocycles. The van der Waals surface area contributed by atoms with E-state index in [1.54, 1.807) is 6.07 Å². The number of quaternary nitrogens is 1. The van der Waals surface area contributed by atoms with Gasteiger partial charge in [-0.2, -0.15) is 12.7 Å². The number of fused-ring (bicyclic) bond motifs is 2. The van der Waals surface area contributed by atoms with Gasteiger partial charge < -0.3 is 26.1 Å². The number of nitrogens with two attached hydrogens (primary N) is 2. The number of carbonyl (C=O) groups is 2. The largest absolute Gasteiger partial charge is 0.481 e. The standard InChI is InChI=1S/C31H36N4O10S2/c32-16-6-2-8-18-35(17-7-1-3-11-25(36)37)46(40,41)29-23(33)14-12-21-26(19-9-4-5-10-20(19)31(38)39)22-13-15-24(34)30(47(42,43)44)28(22)45-27(21)29/h4-5,9-10,12-15,33H,1-3,6-8,11,16-18,32,34H2,(H,36,37)(H,38,39)(H,42,43,44)/p+2. The molecule has 0 aromatic heterocycles. The number of benzene rings is 3. The van der Waals surface area contributed by atoms with Gasteiger partial charge in [-0.05, 0) is 61.9 Å². The van der Waals surface area contributed by atoms with Crippen LogP contribution in [0.15, 0.2) is 62.7 Å². The molecular weight excluding hydrogens is 652 g/mol. The van der Waals surface area contributed by atoms with Crippen LogP contribution >= 0.6 is 0 Å². The Bertz CT molecular complexity index is 2060. The van der Waals surface area contributed by atoms with Crippen molar-refractivity contribution in [2.75, 3.05) is 25.4 Å². The average Bonchev–Trinajstić information content (AvgIpc) is 2.99. The van der Waals surface area contributed by atoms with Crippen LogP contribution in [0, 0.1) is 0 Å². The van der Waals surface area contributed by atoms with Crippen LogP contribution in [0.1, 0.15) is 55.3 Å². The molecule has 10 N–H and O–H groups in total. The van der Waals surface area contributed by atoms with Crippen LogP contribution in [0.3, 0.4) is 0 Å². The van der Waals surface area contributed by atoms with Gasteiger partial charge in [-0.15, -0.1) is 0 Å². The van der Waals surface area contributed by atoms with Crippen LogP contribution in [0.5, 0.6) is 0 Å². The van der Waals surface area contributed by atoms with Crippen LogP contribution in [0.25, 0.3) is 33.4 Å². The molecule has 16 heteroatoms. The lowest BCUT2D eigenvalue weighted by molar-refractivity contribution is -0.368. The van der Waals surface area contributed by atoms with E-state index in [2.05, 4.69) is 5.73 Å². The molecule has 2 aromatic carbocycles. The zero-order valence-corrected chi connectivity index (χ0v) is 27.1. The first-order chi connectivity index (χ1) is 22.2. The van der Waals surface area contributed by atoms with Crippen LogP contribution in [0.2, 0.25) is 0 Å². The van der Waals surface area contributed by atoms with Crippen molar-refractivity contribution in [1.82, 2.24) is 4.31 Å². The molecule has 2 aromatic rings. The van der Waals surface area contributed by atoms with Gasteiger partial charge in [0.15, 0.2) is 21.1 Å². The Kier molecular flexibility index (Phi) is 11.0. The molecule has 1 heterocycles. The fourth-order valence-electron chi connectivity index (χ4n) is 5.57. The van der Waals surface area contributed by atoms with Gasteiger partial charge in [-0.25, -0.2) is 13.2 Å². The maximum atomic E-state index is 14.5. The summed E-state index contributed by atoms with van der Waals surface area (Å²) in [6.45, 7) is 0.806. The van der Waals surface area contributed by atoms with Crippen LogP contribution < -0.4 is 22.2 Å². The number of aliphatic carboxylic acids is 1. The van der Waals surface area contributed by atoms with E-state index in [9.17, 15) is 36.1 Å². The third-order valence-corrected chi connectivity index (χ3v) is 10.7. The van der Waals surface area contributed by atoms with E-state index in [1.165, 1.54) is 46.8 Å². The van der Waals surface area contributed by atoms with Crippen LogP contribution in [0.4, 0.5) is 5.69 Å². The number of anilines is 1. The summed E-state index contributed by atoms with van der Waals surface area (Å²) in [4.78, 5) is 22.0. The maximum absolute atomic E-state index is 14.5. The second-order valence-electron chi connectivity index (χ2n) is 11.0. The molecule has 0 spiro atoms. The summed E-state index contributed by atoms with van der Waals surface area (Å²) in [6, 6.07) is 11.3. The smallest absolute Gasteiger partial charge is 0.336 e. The first-order valence-corrected chi connectivity index (χ1v) is 17.8. The fourth-order valence-corrected chi connectivity index (χ4v) is 8.07. The van der Waals surface area contributed by atoms with Crippen molar-refractivity contribution in [3.8, 4) is 22.5 Å². The number of carboxylic acids is 2. The quantitative estimate of drug-likeness (QED) is 0.0424. The first kappa shape index (κ1) is 35.5. The van der Waals surface area contributed by atoms with Crippen molar-refractivity contribution >= 4 is 48.7 Å². The summed E-state index contributed by atoms with van der Waals surface area (Å²) in [5, 5.41) is 25.2. The van der Waals surface area contributed by atoms with E-state index < -0.39 is 47.5 Å². The second kappa shape index (κ2) is 14.6. The number of carboxylic acid groups (broad SMARTS) is 2. The molecule has 14 nitrogen and oxygen atoms in total. The number of hydrogen-bond acceptors (Lipinski definition) is 8. The Hall–Kier alpha value is -4.35. The Morgan fingerprint density at radius 1 is 0.851 bits per heavy atom. The number of nitrogen functional groups attached to an aromatic ring is 1. The Labute approximate surface area is 271 Å². The highest BCUT2D eigenvalue weighted by atomic mass is 32.2. The highest BCUT2D eigenvalue weighted by molar-refractivity contribution is 7.89. The van der Waals surface area contributed by atoms with E-state index in [0.29, 0.717) is 38.6 Å². The number of unbranched alkanes of at least 4 members (excludes halogenated alkanes) is 4. The zero-order valence-electron chi connectivity index (χ0n) is 25.5. The summed E-state index contributed by atoms with van der Waals surface area (Å²) in [5.74, 6) is -2.62. The summed E-state index contributed by atoms with van der Waals surface area (Å²) in [5.41, 5.74) is 9.11. The third-order valence-electron chi connectivity index (χ3n) is 7.77. The Balaban J connectivity index is 2.04. The predicted molar refractivity (Wildman–Crippen MR) is 171 cm³/mol. The van der Waals surface area contributed by atoms with Gasteiger partial charge in [-0.3, -0.25) is 14.8 Å². The monoisotopic (exact) mass is 690 g/mol. The fraction of sp³-hybridized carbons (Fsp3) is 0.323. The molecule has 2 aliphatic rings. The number of hydrogen-bond donors (Lipinski definition) is 6. The molecule has 0 radical (unpaired) electrons. The van der Waals surface area contributed by atoms with Gasteiger partial charge in [0.1, 0.15) is 0 Å². The summed E-state index contributed by atoms with van der Waals surface area (Å²) >= 11 is 0. The van der Waals surface area contributed by atoms with Gasteiger partial charge in [0, 0.05) is 42.1 Å². The van der Waals surface area contributed by atoms with Crippen molar-refractivity contribution in [2.24, 2.45) is 0 Å². The van der Waals surface area contributed by atoms with E-state index in [1.807, 2.05) is 0 Å². The van der Waals surface area contributed by atoms with E-state index in [-0.39, 0.29) is 64.0 Å².